The Morgan fingerprint density at radius 1 is 1.21 bits per heavy atom. The van der Waals surface area contributed by atoms with Gasteiger partial charge in [-0.05, 0) is 64.8 Å². The predicted molar refractivity (Wildman–Crippen MR) is 83.3 cm³/mol. The highest BCUT2D eigenvalue weighted by Gasteiger charge is 2.19. The number of methoxy groups -OCH3 is 2. The zero-order valence-corrected chi connectivity index (χ0v) is 13.8. The lowest BCUT2D eigenvalue weighted by molar-refractivity contribution is 0.351. The first kappa shape index (κ1) is 16.3. The van der Waals surface area contributed by atoms with Crippen molar-refractivity contribution in [2.45, 2.75) is 39.0 Å². The van der Waals surface area contributed by atoms with Gasteiger partial charge in [0.15, 0.2) is 11.5 Å². The van der Waals surface area contributed by atoms with Crippen LogP contribution in [-0.2, 0) is 6.42 Å². The summed E-state index contributed by atoms with van der Waals surface area (Å²) >= 11 is 3.66. The number of unbranched alkanes of at least 4 members (excludes halogenated alkanes) is 1. The van der Waals surface area contributed by atoms with Crippen molar-refractivity contribution in [1.29, 1.82) is 0 Å². The van der Waals surface area contributed by atoms with Crippen molar-refractivity contribution in [1.82, 2.24) is 0 Å². The third kappa shape index (κ3) is 3.86. The molecule has 3 nitrogen and oxygen atoms in total. The van der Waals surface area contributed by atoms with Crippen LogP contribution >= 0.6 is 15.9 Å². The van der Waals surface area contributed by atoms with Gasteiger partial charge in [-0.2, -0.15) is 0 Å². The third-order valence-electron chi connectivity index (χ3n) is 3.21. The fraction of sp³-hybridized carbons (Fsp3) is 0.600. The standard InChI is InChI=1S/C15H24BrNO2/c1-10(2)13-11(7-5-6-8-17)9-12(18-3)15(19-4)14(13)16/h9-10H,5-8,17H2,1-4H3. The predicted octanol–water partition coefficient (Wildman–Crippen LogP) is 3.87. The van der Waals surface area contributed by atoms with E-state index in [1.165, 1.54) is 11.1 Å². The average molecular weight is 330 g/mol. The van der Waals surface area contributed by atoms with E-state index in [9.17, 15) is 0 Å². The zero-order valence-electron chi connectivity index (χ0n) is 12.3. The maximum Gasteiger partial charge on any atom is 0.175 e. The average Bonchev–Trinajstić information content (AvgIpc) is 2.37. The first-order valence-electron chi connectivity index (χ1n) is 6.70. The van der Waals surface area contributed by atoms with Crippen molar-refractivity contribution in [2.75, 3.05) is 20.8 Å². The Labute approximate surface area is 124 Å². The molecule has 0 aliphatic heterocycles. The van der Waals surface area contributed by atoms with Crippen LogP contribution < -0.4 is 15.2 Å². The molecule has 0 fully saturated rings. The molecule has 0 saturated heterocycles. The molecule has 1 aromatic carbocycles. The van der Waals surface area contributed by atoms with Crippen LogP contribution in [0.1, 0.15) is 43.7 Å². The second-order valence-electron chi connectivity index (χ2n) is 4.90. The van der Waals surface area contributed by atoms with Crippen molar-refractivity contribution < 1.29 is 9.47 Å². The number of halogens is 1. The molecule has 1 rings (SSSR count). The number of rotatable bonds is 7. The van der Waals surface area contributed by atoms with Gasteiger partial charge >= 0.3 is 0 Å². The molecule has 0 aliphatic carbocycles. The second kappa shape index (κ2) is 7.75. The van der Waals surface area contributed by atoms with E-state index in [1.54, 1.807) is 14.2 Å². The van der Waals surface area contributed by atoms with Crippen LogP contribution in [0, 0.1) is 0 Å². The summed E-state index contributed by atoms with van der Waals surface area (Å²) in [5.74, 6) is 1.98. The summed E-state index contributed by atoms with van der Waals surface area (Å²) in [5, 5.41) is 0. The highest BCUT2D eigenvalue weighted by Crippen LogP contribution is 2.43. The van der Waals surface area contributed by atoms with E-state index in [0.717, 1.165) is 41.8 Å². The largest absolute Gasteiger partial charge is 0.493 e. The summed E-state index contributed by atoms with van der Waals surface area (Å²) in [7, 11) is 3.34. The molecule has 0 atom stereocenters. The highest BCUT2D eigenvalue weighted by atomic mass is 79.9. The lowest BCUT2D eigenvalue weighted by Gasteiger charge is -2.20. The van der Waals surface area contributed by atoms with Crippen LogP contribution in [0.2, 0.25) is 0 Å². The minimum atomic E-state index is 0.432. The minimum Gasteiger partial charge on any atom is -0.493 e. The molecule has 1 aromatic rings. The number of ether oxygens (including phenoxy) is 2. The molecule has 0 heterocycles. The molecule has 0 bridgehead atoms. The molecule has 0 saturated carbocycles. The van der Waals surface area contributed by atoms with Crippen LogP contribution in [0.25, 0.3) is 0 Å². The molecule has 2 N–H and O–H groups in total. The Morgan fingerprint density at radius 3 is 2.37 bits per heavy atom. The molecule has 19 heavy (non-hydrogen) atoms. The van der Waals surface area contributed by atoms with E-state index in [4.69, 9.17) is 15.2 Å². The SMILES string of the molecule is COc1cc(CCCCN)c(C(C)C)c(Br)c1OC. The summed E-state index contributed by atoms with van der Waals surface area (Å²) in [5.41, 5.74) is 8.18. The van der Waals surface area contributed by atoms with Crippen molar-refractivity contribution >= 4 is 15.9 Å². The lowest BCUT2D eigenvalue weighted by atomic mass is 9.93. The molecular weight excluding hydrogens is 306 g/mol. The monoisotopic (exact) mass is 329 g/mol. The fourth-order valence-electron chi connectivity index (χ4n) is 2.31. The van der Waals surface area contributed by atoms with Crippen LogP contribution in [0.3, 0.4) is 0 Å². The van der Waals surface area contributed by atoms with Crippen LogP contribution in [-0.4, -0.2) is 20.8 Å². The van der Waals surface area contributed by atoms with Gasteiger partial charge in [-0.3, -0.25) is 0 Å². The zero-order chi connectivity index (χ0) is 14.4. The Kier molecular flexibility index (Phi) is 6.66. The van der Waals surface area contributed by atoms with Gasteiger partial charge < -0.3 is 15.2 Å². The van der Waals surface area contributed by atoms with Gasteiger partial charge in [-0.1, -0.05) is 13.8 Å². The highest BCUT2D eigenvalue weighted by molar-refractivity contribution is 9.10. The fourth-order valence-corrected chi connectivity index (χ4v) is 3.38. The van der Waals surface area contributed by atoms with Crippen LogP contribution in [0.15, 0.2) is 10.5 Å². The Morgan fingerprint density at radius 2 is 1.89 bits per heavy atom. The van der Waals surface area contributed by atoms with Gasteiger partial charge in [0, 0.05) is 0 Å². The van der Waals surface area contributed by atoms with Crippen molar-refractivity contribution in [3.05, 3.63) is 21.7 Å². The van der Waals surface area contributed by atoms with Crippen molar-refractivity contribution in [3.63, 3.8) is 0 Å². The van der Waals surface area contributed by atoms with E-state index in [2.05, 4.69) is 35.8 Å². The first-order chi connectivity index (χ1) is 9.06. The van der Waals surface area contributed by atoms with E-state index in [0.29, 0.717) is 5.92 Å². The van der Waals surface area contributed by atoms with E-state index >= 15 is 0 Å². The quantitative estimate of drug-likeness (QED) is 0.772. The molecule has 0 radical (unpaired) electrons. The Hall–Kier alpha value is -0.740. The summed E-state index contributed by atoms with van der Waals surface area (Å²) in [6.07, 6.45) is 3.16. The maximum atomic E-state index is 5.57. The third-order valence-corrected chi connectivity index (χ3v) is 4.00. The summed E-state index contributed by atoms with van der Waals surface area (Å²) in [4.78, 5) is 0. The molecular formula is C15H24BrNO2. The van der Waals surface area contributed by atoms with Gasteiger partial charge in [0.05, 0.1) is 18.7 Å². The Balaban J connectivity index is 3.22. The maximum absolute atomic E-state index is 5.57. The normalized spacial score (nSPS) is 10.9. The molecule has 4 heteroatoms. The van der Waals surface area contributed by atoms with Crippen molar-refractivity contribution in [3.8, 4) is 11.5 Å². The van der Waals surface area contributed by atoms with Gasteiger partial charge in [-0.25, -0.2) is 0 Å². The van der Waals surface area contributed by atoms with Crippen LogP contribution in [0.5, 0.6) is 11.5 Å². The molecule has 108 valence electrons. The van der Waals surface area contributed by atoms with E-state index < -0.39 is 0 Å². The first-order valence-corrected chi connectivity index (χ1v) is 7.49. The molecule has 0 aromatic heterocycles. The smallest absolute Gasteiger partial charge is 0.175 e. The molecule has 0 spiro atoms. The second-order valence-corrected chi connectivity index (χ2v) is 5.69. The number of aryl methyl sites for hydroxylation is 1. The molecule has 0 amide bonds. The Bertz CT molecular complexity index is 419. The summed E-state index contributed by atoms with van der Waals surface area (Å²) in [6.45, 7) is 5.13. The van der Waals surface area contributed by atoms with E-state index in [1.807, 2.05) is 0 Å². The number of hydrogen-bond acceptors (Lipinski definition) is 3. The topological polar surface area (TPSA) is 44.5 Å². The van der Waals surface area contributed by atoms with Crippen LogP contribution in [0.4, 0.5) is 0 Å². The molecule has 0 aliphatic rings. The van der Waals surface area contributed by atoms with Gasteiger partial charge in [0.1, 0.15) is 0 Å². The number of benzene rings is 1. The lowest BCUT2D eigenvalue weighted by Crippen LogP contribution is -2.04. The van der Waals surface area contributed by atoms with Gasteiger partial charge in [0.25, 0.3) is 0 Å². The van der Waals surface area contributed by atoms with Crippen molar-refractivity contribution in [2.24, 2.45) is 5.73 Å². The van der Waals surface area contributed by atoms with Gasteiger partial charge in [-0.15, -0.1) is 0 Å². The van der Waals surface area contributed by atoms with E-state index in [-0.39, 0.29) is 0 Å². The summed E-state index contributed by atoms with van der Waals surface area (Å²) < 4.78 is 11.9. The number of nitrogens with two attached hydrogens (primary N) is 1. The molecule has 0 unspecified atom stereocenters. The minimum absolute atomic E-state index is 0.432. The number of hydrogen-bond donors (Lipinski definition) is 1. The summed E-state index contributed by atoms with van der Waals surface area (Å²) in [6, 6.07) is 2.09. The van der Waals surface area contributed by atoms with Gasteiger partial charge in [0.2, 0.25) is 0 Å².